The van der Waals surface area contributed by atoms with Gasteiger partial charge in [0.15, 0.2) is 0 Å². The number of nitrogens with one attached hydrogen (secondary N) is 1. The molecule has 2 aliphatic rings. The van der Waals surface area contributed by atoms with Crippen LogP contribution in [-0.4, -0.2) is 36.5 Å². The van der Waals surface area contributed by atoms with Crippen LogP contribution < -0.4 is 5.32 Å². The monoisotopic (exact) mass is 246 g/mol. The van der Waals surface area contributed by atoms with Gasteiger partial charge in [0.25, 0.3) is 0 Å². The average Bonchev–Trinajstić information content (AvgIpc) is 2.64. The highest BCUT2D eigenvalue weighted by molar-refractivity contribution is 5.85. The van der Waals surface area contributed by atoms with Gasteiger partial charge in [-0.15, -0.1) is 12.4 Å². The summed E-state index contributed by atoms with van der Waals surface area (Å²) in [5.74, 6) is 0.375. The number of carbonyl (C=O) groups excluding carboxylic acids is 1. The Morgan fingerprint density at radius 2 is 2.19 bits per heavy atom. The van der Waals surface area contributed by atoms with Crippen molar-refractivity contribution in [2.45, 2.75) is 45.6 Å². The van der Waals surface area contributed by atoms with E-state index < -0.39 is 0 Å². The van der Waals surface area contributed by atoms with Crippen molar-refractivity contribution in [1.82, 2.24) is 10.2 Å². The lowest BCUT2D eigenvalue weighted by Gasteiger charge is -2.37. The molecule has 2 rings (SSSR count). The standard InChI is InChI=1S/C12H22N2O.ClH/c1-10-5-3-8-14(10)11(15)12(2)6-4-7-13-9-12;/h10,13H,3-9H2,1-2H3;1H. The van der Waals surface area contributed by atoms with E-state index in [0.717, 1.165) is 32.5 Å². The molecule has 0 aromatic heterocycles. The fourth-order valence-electron chi connectivity index (χ4n) is 2.82. The van der Waals surface area contributed by atoms with E-state index in [1.807, 2.05) is 0 Å². The summed E-state index contributed by atoms with van der Waals surface area (Å²) in [5.41, 5.74) is -0.142. The molecular weight excluding hydrogens is 224 g/mol. The maximum absolute atomic E-state index is 12.4. The van der Waals surface area contributed by atoms with Gasteiger partial charge in [-0.3, -0.25) is 4.79 Å². The third-order valence-electron chi connectivity index (χ3n) is 3.93. The maximum atomic E-state index is 12.4. The molecule has 94 valence electrons. The minimum atomic E-state index is -0.142. The summed E-state index contributed by atoms with van der Waals surface area (Å²) < 4.78 is 0. The van der Waals surface area contributed by atoms with Crippen molar-refractivity contribution in [3.63, 3.8) is 0 Å². The predicted molar refractivity (Wildman–Crippen MR) is 67.9 cm³/mol. The van der Waals surface area contributed by atoms with Crippen molar-refractivity contribution in [3.05, 3.63) is 0 Å². The van der Waals surface area contributed by atoms with Crippen LogP contribution in [0.3, 0.4) is 0 Å². The lowest BCUT2D eigenvalue weighted by atomic mass is 9.81. The molecule has 0 radical (unpaired) electrons. The summed E-state index contributed by atoms with van der Waals surface area (Å²) in [6, 6.07) is 0.455. The molecule has 2 aliphatic heterocycles. The Hall–Kier alpha value is -0.280. The zero-order valence-corrected chi connectivity index (χ0v) is 11.1. The van der Waals surface area contributed by atoms with E-state index in [1.165, 1.54) is 12.8 Å². The third kappa shape index (κ3) is 2.51. The number of rotatable bonds is 1. The summed E-state index contributed by atoms with van der Waals surface area (Å²) in [7, 11) is 0. The number of likely N-dealkylation sites (tertiary alicyclic amines) is 1. The van der Waals surface area contributed by atoms with Crippen LogP contribution in [0.4, 0.5) is 0 Å². The van der Waals surface area contributed by atoms with Crippen molar-refractivity contribution in [2.24, 2.45) is 5.41 Å². The van der Waals surface area contributed by atoms with Gasteiger partial charge in [0, 0.05) is 19.1 Å². The highest BCUT2D eigenvalue weighted by Gasteiger charge is 2.40. The molecule has 4 heteroatoms. The Labute approximate surface area is 104 Å². The topological polar surface area (TPSA) is 32.3 Å². The van der Waals surface area contributed by atoms with Crippen LogP contribution in [-0.2, 0) is 4.79 Å². The maximum Gasteiger partial charge on any atom is 0.230 e. The first-order valence-corrected chi connectivity index (χ1v) is 6.15. The first kappa shape index (κ1) is 13.8. The van der Waals surface area contributed by atoms with Gasteiger partial charge < -0.3 is 10.2 Å². The lowest BCUT2D eigenvalue weighted by molar-refractivity contribution is -0.142. The molecule has 2 atom stereocenters. The molecule has 0 aliphatic carbocycles. The molecular formula is C12H23ClN2O. The number of carbonyl (C=O) groups is 1. The second-order valence-electron chi connectivity index (χ2n) is 5.33. The Balaban J connectivity index is 0.00000128. The van der Waals surface area contributed by atoms with Gasteiger partial charge in [0.1, 0.15) is 0 Å². The van der Waals surface area contributed by atoms with Gasteiger partial charge in [0.2, 0.25) is 5.91 Å². The molecule has 2 unspecified atom stereocenters. The SMILES string of the molecule is CC1CCCN1C(=O)C1(C)CCCNC1.Cl. The first-order chi connectivity index (χ1) is 7.13. The van der Waals surface area contributed by atoms with Crippen LogP contribution in [0.15, 0.2) is 0 Å². The largest absolute Gasteiger partial charge is 0.339 e. The van der Waals surface area contributed by atoms with E-state index in [4.69, 9.17) is 0 Å². The molecule has 2 heterocycles. The minimum absolute atomic E-state index is 0. The Morgan fingerprint density at radius 1 is 1.44 bits per heavy atom. The number of hydrogen-bond acceptors (Lipinski definition) is 2. The van der Waals surface area contributed by atoms with E-state index in [0.29, 0.717) is 11.9 Å². The summed E-state index contributed by atoms with van der Waals surface area (Å²) in [4.78, 5) is 14.5. The smallest absolute Gasteiger partial charge is 0.230 e. The highest BCUT2D eigenvalue weighted by atomic mass is 35.5. The zero-order valence-electron chi connectivity index (χ0n) is 10.3. The molecule has 3 nitrogen and oxygen atoms in total. The second-order valence-corrected chi connectivity index (χ2v) is 5.33. The molecule has 0 bridgehead atoms. The molecule has 2 saturated heterocycles. The number of nitrogens with zero attached hydrogens (tertiary/aromatic N) is 1. The quantitative estimate of drug-likeness (QED) is 0.766. The Kier molecular flexibility index (Phi) is 4.62. The predicted octanol–water partition coefficient (Wildman–Crippen LogP) is 1.81. The Morgan fingerprint density at radius 3 is 2.69 bits per heavy atom. The van der Waals surface area contributed by atoms with Gasteiger partial charge in [-0.1, -0.05) is 0 Å². The number of piperidine rings is 1. The molecule has 1 amide bonds. The highest BCUT2D eigenvalue weighted by Crippen LogP contribution is 2.31. The molecule has 1 N–H and O–H groups in total. The average molecular weight is 247 g/mol. The van der Waals surface area contributed by atoms with E-state index in [9.17, 15) is 4.79 Å². The van der Waals surface area contributed by atoms with Crippen molar-refractivity contribution in [3.8, 4) is 0 Å². The molecule has 0 spiro atoms. The van der Waals surface area contributed by atoms with Gasteiger partial charge in [-0.25, -0.2) is 0 Å². The fourth-order valence-corrected chi connectivity index (χ4v) is 2.82. The van der Waals surface area contributed by atoms with E-state index >= 15 is 0 Å². The summed E-state index contributed by atoms with van der Waals surface area (Å²) in [6.07, 6.45) is 4.53. The molecule has 0 aromatic carbocycles. The van der Waals surface area contributed by atoms with Crippen molar-refractivity contribution >= 4 is 18.3 Å². The van der Waals surface area contributed by atoms with Gasteiger partial charge in [0.05, 0.1) is 5.41 Å². The zero-order chi connectivity index (χ0) is 10.9. The van der Waals surface area contributed by atoms with Gasteiger partial charge in [-0.2, -0.15) is 0 Å². The van der Waals surface area contributed by atoms with Crippen LogP contribution >= 0.6 is 12.4 Å². The first-order valence-electron chi connectivity index (χ1n) is 6.15. The number of hydrogen-bond donors (Lipinski definition) is 1. The van der Waals surface area contributed by atoms with Crippen molar-refractivity contribution in [2.75, 3.05) is 19.6 Å². The molecule has 16 heavy (non-hydrogen) atoms. The summed E-state index contributed by atoms with van der Waals surface area (Å²) in [6.45, 7) is 7.18. The molecule has 2 fully saturated rings. The minimum Gasteiger partial charge on any atom is -0.339 e. The molecule has 0 aromatic rings. The summed E-state index contributed by atoms with van der Waals surface area (Å²) >= 11 is 0. The van der Waals surface area contributed by atoms with Crippen LogP contribution in [0.25, 0.3) is 0 Å². The number of amides is 1. The van der Waals surface area contributed by atoms with Gasteiger partial charge >= 0.3 is 0 Å². The van der Waals surface area contributed by atoms with Crippen LogP contribution in [0.5, 0.6) is 0 Å². The number of halogens is 1. The van der Waals surface area contributed by atoms with Crippen LogP contribution in [0.1, 0.15) is 39.5 Å². The fraction of sp³-hybridized carbons (Fsp3) is 0.917. The van der Waals surface area contributed by atoms with Crippen molar-refractivity contribution in [1.29, 1.82) is 0 Å². The Bertz CT molecular complexity index is 251. The van der Waals surface area contributed by atoms with Gasteiger partial charge in [-0.05, 0) is 46.1 Å². The second kappa shape index (κ2) is 5.37. The summed E-state index contributed by atoms with van der Waals surface area (Å²) in [5, 5.41) is 3.35. The van der Waals surface area contributed by atoms with E-state index in [-0.39, 0.29) is 17.8 Å². The lowest BCUT2D eigenvalue weighted by Crippen LogP contribution is -2.51. The van der Waals surface area contributed by atoms with Crippen molar-refractivity contribution < 1.29 is 4.79 Å². The van der Waals surface area contributed by atoms with Crippen LogP contribution in [0, 0.1) is 5.41 Å². The van der Waals surface area contributed by atoms with E-state index in [2.05, 4.69) is 24.1 Å². The third-order valence-corrected chi connectivity index (χ3v) is 3.93. The van der Waals surface area contributed by atoms with Crippen LogP contribution in [0.2, 0.25) is 0 Å². The van der Waals surface area contributed by atoms with E-state index in [1.54, 1.807) is 0 Å². The normalized spacial score (nSPS) is 34.6. The molecule has 0 saturated carbocycles.